The molecule has 36 heavy (non-hydrogen) atoms. The molecule has 0 atom stereocenters. The smallest absolute Gasteiger partial charge is 0.145 e. The Morgan fingerprint density at radius 3 is 2.19 bits per heavy atom. The summed E-state index contributed by atoms with van der Waals surface area (Å²) in [6.45, 7) is 4.69. The zero-order valence-electron chi connectivity index (χ0n) is 20.7. The van der Waals surface area contributed by atoms with Crippen LogP contribution in [0, 0.1) is 0 Å². The van der Waals surface area contributed by atoms with Crippen LogP contribution in [0.3, 0.4) is 0 Å². The Bertz CT molecular complexity index is 1310. The molecule has 2 saturated heterocycles. The van der Waals surface area contributed by atoms with E-state index in [1.54, 1.807) is 6.33 Å². The highest BCUT2D eigenvalue weighted by Crippen LogP contribution is 2.38. The second-order valence-electron chi connectivity index (χ2n) is 10.1. The minimum absolute atomic E-state index is 0.412. The second kappa shape index (κ2) is 10.2. The first-order valence-electron chi connectivity index (χ1n) is 12.9. The Kier molecular flexibility index (Phi) is 6.65. The number of para-hydroxylation sites is 1. The number of piperidine rings is 2. The van der Waals surface area contributed by atoms with Gasteiger partial charge in [0.05, 0.1) is 5.39 Å². The molecular weight excluding hydrogens is 470 g/mol. The van der Waals surface area contributed by atoms with Crippen molar-refractivity contribution in [1.29, 1.82) is 0 Å². The molecule has 186 valence electrons. The maximum absolute atomic E-state index is 6.64. The number of benzene rings is 2. The quantitative estimate of drug-likeness (QED) is 0.301. The molecule has 6 rings (SSSR count). The molecule has 0 N–H and O–H groups in total. The predicted molar refractivity (Wildman–Crippen MR) is 145 cm³/mol. The van der Waals surface area contributed by atoms with E-state index in [1.165, 1.54) is 25.9 Å². The van der Waals surface area contributed by atoms with Crippen molar-refractivity contribution >= 4 is 22.6 Å². The van der Waals surface area contributed by atoms with Crippen molar-refractivity contribution in [2.75, 3.05) is 33.2 Å². The molecule has 7 heteroatoms. The van der Waals surface area contributed by atoms with E-state index in [0.29, 0.717) is 11.2 Å². The van der Waals surface area contributed by atoms with Crippen molar-refractivity contribution in [3.63, 3.8) is 0 Å². The van der Waals surface area contributed by atoms with Crippen LogP contribution in [0.25, 0.3) is 22.2 Å². The van der Waals surface area contributed by atoms with Gasteiger partial charge in [0.1, 0.15) is 28.6 Å². The molecule has 4 aromatic rings. The van der Waals surface area contributed by atoms with Crippen molar-refractivity contribution in [2.24, 2.45) is 0 Å². The summed E-state index contributed by atoms with van der Waals surface area (Å²) in [7, 11) is 2.23. The van der Waals surface area contributed by atoms with Gasteiger partial charge in [-0.15, -0.1) is 0 Å². The Hall–Kier alpha value is -2.93. The number of ether oxygens (including phenoxy) is 1. The van der Waals surface area contributed by atoms with Crippen LogP contribution in [-0.4, -0.2) is 63.6 Å². The third-order valence-corrected chi connectivity index (χ3v) is 8.09. The number of likely N-dealkylation sites (tertiary alicyclic amines) is 2. The molecule has 6 nitrogen and oxygen atoms in total. The number of fused-ring (bicyclic) bond motifs is 1. The lowest BCUT2D eigenvalue weighted by Gasteiger charge is -2.41. The molecule has 0 spiro atoms. The van der Waals surface area contributed by atoms with E-state index in [9.17, 15) is 0 Å². The Morgan fingerprint density at radius 1 is 0.806 bits per heavy atom. The van der Waals surface area contributed by atoms with Crippen molar-refractivity contribution in [3.05, 3.63) is 72.3 Å². The molecule has 0 amide bonds. The minimum atomic E-state index is 0.412. The summed E-state index contributed by atoms with van der Waals surface area (Å²) in [5, 5.41) is 1.43. The fourth-order valence-electron chi connectivity index (χ4n) is 5.76. The zero-order chi connectivity index (χ0) is 24.5. The lowest BCUT2D eigenvalue weighted by molar-refractivity contribution is 0.0879. The molecule has 4 heterocycles. The predicted octanol–water partition coefficient (Wildman–Crippen LogP) is 6.28. The number of halogens is 1. The van der Waals surface area contributed by atoms with E-state index in [-0.39, 0.29) is 0 Å². The van der Waals surface area contributed by atoms with Crippen LogP contribution in [-0.2, 0) is 0 Å². The van der Waals surface area contributed by atoms with Gasteiger partial charge >= 0.3 is 0 Å². The van der Waals surface area contributed by atoms with Gasteiger partial charge in [-0.3, -0.25) is 0 Å². The fourth-order valence-corrected chi connectivity index (χ4v) is 5.99. The molecule has 2 aromatic carbocycles. The Labute approximate surface area is 217 Å². The van der Waals surface area contributed by atoms with Crippen LogP contribution in [0.4, 0.5) is 0 Å². The van der Waals surface area contributed by atoms with Gasteiger partial charge < -0.3 is 19.1 Å². The standard InChI is InChI=1S/C29H32ClN5O/c1-33-15-11-22(12-16-33)34-17-13-23(14-18-34)35-19-26(27-28(30)31-20-32-29(27)35)21-7-9-25(10-8-21)36-24-5-3-2-4-6-24/h2-10,19-20,22-23H,11-18H2,1H3. The molecule has 0 bridgehead atoms. The van der Waals surface area contributed by atoms with Gasteiger partial charge in [-0.25, -0.2) is 9.97 Å². The number of hydrogen-bond acceptors (Lipinski definition) is 5. The van der Waals surface area contributed by atoms with Crippen LogP contribution in [0.1, 0.15) is 31.7 Å². The maximum Gasteiger partial charge on any atom is 0.145 e. The van der Waals surface area contributed by atoms with E-state index in [1.807, 2.05) is 42.5 Å². The number of hydrogen-bond donors (Lipinski definition) is 0. The lowest BCUT2D eigenvalue weighted by atomic mass is 9.98. The molecule has 0 radical (unpaired) electrons. The van der Waals surface area contributed by atoms with E-state index < -0.39 is 0 Å². The molecule has 0 unspecified atom stereocenters. The van der Waals surface area contributed by atoms with Gasteiger partial charge in [-0.2, -0.15) is 0 Å². The summed E-state index contributed by atoms with van der Waals surface area (Å²) in [5.74, 6) is 1.63. The first-order valence-corrected chi connectivity index (χ1v) is 13.3. The van der Waals surface area contributed by atoms with Crippen molar-refractivity contribution in [2.45, 2.75) is 37.8 Å². The van der Waals surface area contributed by atoms with E-state index >= 15 is 0 Å². The van der Waals surface area contributed by atoms with Crippen molar-refractivity contribution < 1.29 is 4.74 Å². The third-order valence-electron chi connectivity index (χ3n) is 7.80. The SMILES string of the molecule is CN1CCC(N2CCC(n3cc(-c4ccc(Oc5ccccc5)cc4)c4c(Cl)ncnc43)CC2)CC1. The normalized spacial score (nSPS) is 18.6. The summed E-state index contributed by atoms with van der Waals surface area (Å²) in [6.07, 6.45) is 8.63. The summed E-state index contributed by atoms with van der Waals surface area (Å²) in [4.78, 5) is 14.1. The highest BCUT2D eigenvalue weighted by molar-refractivity contribution is 6.35. The molecule has 0 aliphatic carbocycles. The third kappa shape index (κ3) is 4.73. The van der Waals surface area contributed by atoms with Crippen LogP contribution >= 0.6 is 11.6 Å². The summed E-state index contributed by atoms with van der Waals surface area (Å²) < 4.78 is 8.33. The highest BCUT2D eigenvalue weighted by Gasteiger charge is 2.29. The zero-order valence-corrected chi connectivity index (χ0v) is 21.4. The number of rotatable bonds is 5. The van der Waals surface area contributed by atoms with Crippen molar-refractivity contribution in [1.82, 2.24) is 24.3 Å². The van der Waals surface area contributed by atoms with E-state index in [2.05, 4.69) is 49.7 Å². The summed E-state index contributed by atoms with van der Waals surface area (Å²) >= 11 is 6.64. The van der Waals surface area contributed by atoms with Crippen LogP contribution in [0.5, 0.6) is 11.5 Å². The molecule has 2 aliphatic rings. The topological polar surface area (TPSA) is 46.4 Å². The van der Waals surface area contributed by atoms with Gasteiger partial charge in [0.25, 0.3) is 0 Å². The average molecular weight is 502 g/mol. The van der Waals surface area contributed by atoms with Crippen molar-refractivity contribution in [3.8, 4) is 22.6 Å². The van der Waals surface area contributed by atoms with Crippen LogP contribution in [0.2, 0.25) is 5.15 Å². The van der Waals surface area contributed by atoms with Crippen LogP contribution in [0.15, 0.2) is 67.1 Å². The lowest BCUT2D eigenvalue weighted by Crippen LogP contribution is -2.47. The van der Waals surface area contributed by atoms with Crippen LogP contribution < -0.4 is 4.74 Å². The first-order chi connectivity index (χ1) is 17.7. The first kappa shape index (κ1) is 23.5. The molecule has 0 saturated carbocycles. The van der Waals surface area contributed by atoms with Gasteiger partial charge in [0, 0.05) is 36.9 Å². The highest BCUT2D eigenvalue weighted by atomic mass is 35.5. The van der Waals surface area contributed by atoms with Gasteiger partial charge in [-0.05, 0) is 75.6 Å². The Balaban J connectivity index is 1.24. The van der Waals surface area contributed by atoms with Gasteiger partial charge in [0.15, 0.2) is 0 Å². The molecule has 2 aromatic heterocycles. The molecule has 2 fully saturated rings. The van der Waals surface area contributed by atoms with E-state index in [0.717, 1.165) is 65.6 Å². The minimum Gasteiger partial charge on any atom is -0.457 e. The largest absolute Gasteiger partial charge is 0.457 e. The fraction of sp³-hybridized carbons (Fsp3) is 0.379. The monoisotopic (exact) mass is 501 g/mol. The Morgan fingerprint density at radius 2 is 1.47 bits per heavy atom. The number of aromatic nitrogens is 3. The second-order valence-corrected chi connectivity index (χ2v) is 10.4. The molecular formula is C29H32ClN5O. The number of nitrogens with zero attached hydrogens (tertiary/aromatic N) is 5. The van der Waals surface area contributed by atoms with E-state index in [4.69, 9.17) is 16.3 Å². The average Bonchev–Trinajstić information content (AvgIpc) is 3.31. The van der Waals surface area contributed by atoms with Gasteiger partial charge in [0.2, 0.25) is 0 Å². The van der Waals surface area contributed by atoms with Gasteiger partial charge in [-0.1, -0.05) is 41.9 Å². The maximum atomic E-state index is 6.64. The summed E-state index contributed by atoms with van der Waals surface area (Å²) in [5.41, 5.74) is 3.08. The molecule has 2 aliphatic heterocycles. The summed E-state index contributed by atoms with van der Waals surface area (Å²) in [6, 6.07) is 19.2.